The summed E-state index contributed by atoms with van der Waals surface area (Å²) in [5, 5.41) is 44.2. The number of hydrogen-bond acceptors (Lipinski definition) is 5. The summed E-state index contributed by atoms with van der Waals surface area (Å²) in [5.41, 5.74) is 0. The summed E-state index contributed by atoms with van der Waals surface area (Å²) < 4.78 is 0. The van der Waals surface area contributed by atoms with Crippen molar-refractivity contribution in [2.75, 3.05) is 6.61 Å². The van der Waals surface area contributed by atoms with Gasteiger partial charge in [-0.1, -0.05) is 358 Å². The van der Waals surface area contributed by atoms with Crippen LogP contribution in [0.5, 0.6) is 0 Å². The minimum absolute atomic E-state index is 0.360. The molecule has 0 radical (unpaired) electrons. The number of unbranched alkanes of at least 4 members (excludes halogenated alkanes) is 52. The molecular weight excluding hydrogens is 1010 g/mol. The van der Waals surface area contributed by atoms with Crippen molar-refractivity contribution < 1.29 is 25.2 Å². The second-order valence-corrected chi connectivity index (χ2v) is 25.6. The maximum atomic E-state index is 12.7. The van der Waals surface area contributed by atoms with E-state index in [9.17, 15) is 25.2 Å². The highest BCUT2D eigenvalue weighted by atomic mass is 16.3. The minimum atomic E-state index is -1.30. The van der Waals surface area contributed by atoms with Crippen LogP contribution in [0.3, 0.4) is 0 Å². The van der Waals surface area contributed by atoms with E-state index in [1.54, 1.807) is 0 Å². The average Bonchev–Trinajstić information content (AvgIpc) is 3.48. The number of hydrogen-bond donors (Lipinski definition) is 5. The Hall–Kier alpha value is -1.73. The van der Waals surface area contributed by atoms with Crippen molar-refractivity contribution >= 4 is 5.91 Å². The third kappa shape index (κ3) is 62.8. The van der Waals surface area contributed by atoms with Gasteiger partial charge in [-0.2, -0.15) is 0 Å². The molecule has 0 saturated heterocycles. The summed E-state index contributed by atoms with van der Waals surface area (Å²) in [6.07, 6.45) is 92.6. The van der Waals surface area contributed by atoms with Gasteiger partial charge in [-0.15, -0.1) is 0 Å². The van der Waals surface area contributed by atoms with E-state index in [1.807, 2.05) is 0 Å². The highest BCUT2D eigenvalue weighted by molar-refractivity contribution is 5.80. The van der Waals surface area contributed by atoms with Crippen molar-refractivity contribution in [1.29, 1.82) is 0 Å². The lowest BCUT2D eigenvalue weighted by Gasteiger charge is -2.27. The number of rotatable bonds is 69. The molecule has 0 aromatic carbocycles. The van der Waals surface area contributed by atoms with E-state index < -0.39 is 36.9 Å². The van der Waals surface area contributed by atoms with Gasteiger partial charge in [0, 0.05) is 0 Å². The number of carbonyl (C=O) groups excluding carboxylic acids is 1. The fourth-order valence-corrected chi connectivity index (χ4v) is 11.7. The molecule has 0 fully saturated rings. The standard InChI is InChI=1S/C76H145NO5/c1-3-5-7-9-11-13-15-17-19-21-23-25-27-29-31-33-34-35-36-37-38-39-40-41-42-44-46-48-50-52-54-56-58-60-62-64-66-68-70-74(80)76(82)77-72(71-78)75(81)73(79)69-67-65-63-61-59-57-55-53-51-49-47-45-43-32-30-28-26-24-22-20-18-16-14-12-10-8-6-4-2/h37-38,45,47,53,55,61,63,72-75,78-81H,3-36,39-44,46,48-52,54,56-60,62,64-71H2,1-2H3,(H,77,82)/b38-37-,47-45+,55-53+,63-61+. The van der Waals surface area contributed by atoms with E-state index in [2.05, 4.69) is 67.8 Å². The third-order valence-electron chi connectivity index (χ3n) is 17.5. The van der Waals surface area contributed by atoms with Crippen LogP contribution < -0.4 is 5.32 Å². The van der Waals surface area contributed by atoms with Crippen LogP contribution in [0.15, 0.2) is 48.6 Å². The second kappa shape index (κ2) is 70.0. The Morgan fingerprint density at radius 1 is 0.293 bits per heavy atom. The Labute approximate surface area is 512 Å². The van der Waals surface area contributed by atoms with Crippen LogP contribution in [0.1, 0.15) is 399 Å². The topological polar surface area (TPSA) is 110 Å². The first kappa shape index (κ1) is 80.3. The number of aliphatic hydroxyl groups is 4. The number of aliphatic hydroxyl groups excluding tert-OH is 4. The van der Waals surface area contributed by atoms with Crippen molar-refractivity contribution in [3.63, 3.8) is 0 Å². The summed E-state index contributed by atoms with van der Waals surface area (Å²) in [4.78, 5) is 12.7. The Kier molecular flexibility index (Phi) is 68.6. The van der Waals surface area contributed by atoms with E-state index in [1.165, 1.54) is 315 Å². The van der Waals surface area contributed by atoms with Crippen LogP contribution in [-0.2, 0) is 4.79 Å². The lowest BCUT2D eigenvalue weighted by molar-refractivity contribution is -0.132. The molecule has 0 rings (SSSR count). The van der Waals surface area contributed by atoms with E-state index in [0.717, 1.165) is 51.4 Å². The summed E-state index contributed by atoms with van der Waals surface area (Å²) in [7, 11) is 0. The quantitative estimate of drug-likeness (QED) is 0.0308. The van der Waals surface area contributed by atoms with Gasteiger partial charge in [0.1, 0.15) is 12.2 Å². The Morgan fingerprint density at radius 3 is 0.768 bits per heavy atom. The van der Waals surface area contributed by atoms with Crippen LogP contribution in [0, 0.1) is 0 Å². The van der Waals surface area contributed by atoms with Crippen LogP contribution in [0.25, 0.3) is 0 Å². The monoisotopic (exact) mass is 1150 g/mol. The molecule has 82 heavy (non-hydrogen) atoms. The van der Waals surface area contributed by atoms with Gasteiger partial charge in [-0.05, 0) is 89.9 Å². The van der Waals surface area contributed by atoms with Gasteiger partial charge in [0.05, 0.1) is 18.8 Å². The zero-order valence-electron chi connectivity index (χ0n) is 55.3. The lowest BCUT2D eigenvalue weighted by Crippen LogP contribution is -2.53. The minimum Gasteiger partial charge on any atom is -0.394 e. The summed E-state index contributed by atoms with van der Waals surface area (Å²) in [5.74, 6) is -0.594. The fraction of sp³-hybridized carbons (Fsp3) is 0.882. The lowest BCUT2D eigenvalue weighted by atomic mass is 10.00. The Morgan fingerprint density at radius 2 is 0.512 bits per heavy atom. The highest BCUT2D eigenvalue weighted by Crippen LogP contribution is 2.19. The molecule has 484 valence electrons. The molecule has 4 atom stereocenters. The van der Waals surface area contributed by atoms with Gasteiger partial charge >= 0.3 is 0 Å². The van der Waals surface area contributed by atoms with Crippen molar-refractivity contribution in [1.82, 2.24) is 5.32 Å². The van der Waals surface area contributed by atoms with Crippen molar-refractivity contribution in [3.8, 4) is 0 Å². The highest BCUT2D eigenvalue weighted by Gasteiger charge is 2.28. The molecule has 5 N–H and O–H groups in total. The van der Waals surface area contributed by atoms with Gasteiger partial charge in [-0.25, -0.2) is 0 Å². The van der Waals surface area contributed by atoms with Crippen LogP contribution >= 0.6 is 0 Å². The molecule has 0 aliphatic heterocycles. The molecule has 0 aliphatic carbocycles. The third-order valence-corrected chi connectivity index (χ3v) is 17.5. The fourth-order valence-electron chi connectivity index (χ4n) is 11.7. The number of allylic oxidation sites excluding steroid dienone is 8. The number of nitrogens with one attached hydrogen (secondary N) is 1. The smallest absolute Gasteiger partial charge is 0.249 e. The van der Waals surface area contributed by atoms with Crippen molar-refractivity contribution in [3.05, 3.63) is 48.6 Å². The van der Waals surface area contributed by atoms with Gasteiger partial charge in [0.25, 0.3) is 0 Å². The first-order valence-corrected chi connectivity index (χ1v) is 37.0. The molecule has 6 heteroatoms. The van der Waals surface area contributed by atoms with Gasteiger partial charge < -0.3 is 25.7 Å². The molecule has 1 amide bonds. The maximum Gasteiger partial charge on any atom is 0.249 e. The average molecular weight is 1150 g/mol. The van der Waals surface area contributed by atoms with Crippen LogP contribution in [-0.4, -0.2) is 57.3 Å². The molecule has 4 unspecified atom stereocenters. The number of carbonyl (C=O) groups is 1. The van der Waals surface area contributed by atoms with E-state index in [0.29, 0.717) is 19.3 Å². The summed E-state index contributed by atoms with van der Waals surface area (Å²) in [6, 6.07) is -1.01. The maximum absolute atomic E-state index is 12.7. The molecule has 0 aromatic heterocycles. The summed E-state index contributed by atoms with van der Waals surface area (Å²) in [6.45, 7) is 4.09. The van der Waals surface area contributed by atoms with E-state index in [4.69, 9.17) is 0 Å². The van der Waals surface area contributed by atoms with Gasteiger partial charge in [0.15, 0.2) is 0 Å². The predicted molar refractivity (Wildman–Crippen MR) is 362 cm³/mol. The van der Waals surface area contributed by atoms with Crippen LogP contribution in [0.2, 0.25) is 0 Å². The van der Waals surface area contributed by atoms with Gasteiger partial charge in [-0.3, -0.25) is 4.79 Å². The first-order valence-electron chi connectivity index (χ1n) is 37.0. The van der Waals surface area contributed by atoms with Crippen molar-refractivity contribution in [2.24, 2.45) is 0 Å². The SMILES string of the molecule is CCCCCCCCCCCCCCCCC/C=C/CC/C=C/CC/C=C/CCCC(O)C(O)C(CO)NC(=O)C(O)CCCCCCCCCCCCCCCCCC/C=C\CCCCCCCCCCCCCCCCCCCC. The molecule has 6 nitrogen and oxygen atoms in total. The zero-order valence-corrected chi connectivity index (χ0v) is 55.3. The van der Waals surface area contributed by atoms with E-state index >= 15 is 0 Å². The molecule has 0 heterocycles. The van der Waals surface area contributed by atoms with Gasteiger partial charge in [0.2, 0.25) is 5.91 Å². The molecule has 0 saturated carbocycles. The Bertz CT molecular complexity index is 1340. The normalized spacial score (nSPS) is 13.7. The molecule has 0 aliphatic rings. The Balaban J connectivity index is 3.57. The summed E-state index contributed by atoms with van der Waals surface area (Å²) >= 11 is 0. The zero-order chi connectivity index (χ0) is 59.4. The first-order chi connectivity index (χ1) is 40.5. The predicted octanol–water partition coefficient (Wildman–Crippen LogP) is 23.2. The molecule has 0 bridgehead atoms. The second-order valence-electron chi connectivity index (χ2n) is 25.6. The molecule has 0 aromatic rings. The number of amides is 1. The molecule has 0 spiro atoms. The van der Waals surface area contributed by atoms with E-state index in [-0.39, 0.29) is 0 Å². The van der Waals surface area contributed by atoms with Crippen LogP contribution in [0.4, 0.5) is 0 Å². The largest absolute Gasteiger partial charge is 0.394 e. The molecular formula is C76H145NO5. The van der Waals surface area contributed by atoms with Crippen molar-refractivity contribution in [2.45, 2.75) is 423 Å².